The maximum absolute atomic E-state index is 9.27. The molecule has 0 aliphatic heterocycles. The highest BCUT2D eigenvalue weighted by Gasteiger charge is 2.10. The van der Waals surface area contributed by atoms with Crippen molar-refractivity contribution in [3.8, 4) is 6.07 Å². The van der Waals surface area contributed by atoms with E-state index in [1.54, 1.807) is 0 Å². The van der Waals surface area contributed by atoms with Crippen molar-refractivity contribution in [2.24, 2.45) is 5.92 Å². The number of rotatable bonds is 5. The summed E-state index contributed by atoms with van der Waals surface area (Å²) in [6.45, 7) is 6.63. The van der Waals surface area contributed by atoms with Gasteiger partial charge in [0.25, 0.3) is 0 Å². The van der Waals surface area contributed by atoms with Gasteiger partial charge in [-0.3, -0.25) is 0 Å². The van der Waals surface area contributed by atoms with Gasteiger partial charge in [0, 0.05) is 11.4 Å². The van der Waals surface area contributed by atoms with Gasteiger partial charge in [0.1, 0.15) is 5.82 Å². The Hall–Kier alpha value is -2.08. The lowest BCUT2D eigenvalue weighted by Crippen LogP contribution is -2.19. The number of pyridine rings is 1. The second-order valence-electron chi connectivity index (χ2n) is 5.48. The summed E-state index contributed by atoms with van der Waals surface area (Å²) in [5, 5.41) is 13.6. The fourth-order valence-corrected chi connectivity index (χ4v) is 2.42. The van der Waals surface area contributed by atoms with Crippen molar-refractivity contribution in [3.05, 3.63) is 35.9 Å². The van der Waals surface area contributed by atoms with Gasteiger partial charge in [-0.2, -0.15) is 5.26 Å². The zero-order valence-electron chi connectivity index (χ0n) is 12.4. The van der Waals surface area contributed by atoms with E-state index < -0.39 is 0 Å². The Morgan fingerprint density at radius 1 is 1.30 bits per heavy atom. The topological polar surface area (TPSA) is 48.7 Å². The molecule has 1 heterocycles. The van der Waals surface area contributed by atoms with E-state index in [9.17, 15) is 5.26 Å². The first-order chi connectivity index (χ1) is 9.63. The Balaban J connectivity index is 2.25. The molecule has 0 bridgehead atoms. The average molecular weight is 267 g/mol. The molecule has 1 N–H and O–H groups in total. The molecule has 0 saturated heterocycles. The lowest BCUT2D eigenvalue weighted by atomic mass is 10.0. The summed E-state index contributed by atoms with van der Waals surface area (Å²) in [6.07, 6.45) is 2.29. The number of anilines is 1. The molecule has 3 heteroatoms. The minimum absolute atomic E-state index is 0.352. The number of fused-ring (bicyclic) bond motifs is 1. The number of hydrogen-bond acceptors (Lipinski definition) is 3. The van der Waals surface area contributed by atoms with Crippen LogP contribution in [0.3, 0.4) is 0 Å². The first-order valence-corrected chi connectivity index (χ1v) is 7.20. The van der Waals surface area contributed by atoms with E-state index in [1.807, 2.05) is 30.3 Å². The summed E-state index contributed by atoms with van der Waals surface area (Å²) >= 11 is 0. The molecule has 0 aliphatic carbocycles. The zero-order chi connectivity index (χ0) is 14.5. The standard InChI is InChI=1S/C17H21N3/c1-4-12(2)9-13(3)19-17-10-14(11-18)15-7-5-6-8-16(15)20-17/h5-8,10,12-13H,4,9H2,1-3H3,(H,19,20). The number of hydrogen-bond donors (Lipinski definition) is 1. The largest absolute Gasteiger partial charge is 0.368 e. The van der Waals surface area contributed by atoms with Crippen LogP contribution in [0.2, 0.25) is 0 Å². The summed E-state index contributed by atoms with van der Waals surface area (Å²) in [6, 6.07) is 12.2. The second kappa shape index (κ2) is 6.38. The minimum Gasteiger partial charge on any atom is -0.368 e. The molecular formula is C17H21N3. The van der Waals surface area contributed by atoms with Crippen molar-refractivity contribution in [1.82, 2.24) is 4.98 Å². The quantitative estimate of drug-likeness (QED) is 0.876. The molecule has 104 valence electrons. The summed E-state index contributed by atoms with van der Waals surface area (Å²) < 4.78 is 0. The maximum Gasteiger partial charge on any atom is 0.128 e. The van der Waals surface area contributed by atoms with Crippen molar-refractivity contribution < 1.29 is 0 Å². The molecule has 2 aromatic rings. The lowest BCUT2D eigenvalue weighted by molar-refractivity contribution is 0.483. The zero-order valence-corrected chi connectivity index (χ0v) is 12.4. The van der Waals surface area contributed by atoms with Gasteiger partial charge in [-0.15, -0.1) is 0 Å². The second-order valence-corrected chi connectivity index (χ2v) is 5.48. The van der Waals surface area contributed by atoms with Gasteiger partial charge in [0.05, 0.1) is 17.1 Å². The number of nitrogens with zero attached hydrogens (tertiary/aromatic N) is 2. The molecule has 2 rings (SSSR count). The normalized spacial score (nSPS) is 13.7. The predicted molar refractivity (Wildman–Crippen MR) is 83.6 cm³/mol. The molecule has 2 atom stereocenters. The first kappa shape index (κ1) is 14.3. The van der Waals surface area contributed by atoms with E-state index in [0.717, 1.165) is 23.1 Å². The highest BCUT2D eigenvalue weighted by molar-refractivity contribution is 5.86. The van der Waals surface area contributed by atoms with Gasteiger partial charge in [-0.1, -0.05) is 38.5 Å². The van der Waals surface area contributed by atoms with Crippen LogP contribution in [0.15, 0.2) is 30.3 Å². The van der Waals surface area contributed by atoms with Crippen molar-refractivity contribution in [2.45, 2.75) is 39.7 Å². The van der Waals surface area contributed by atoms with Crippen molar-refractivity contribution in [3.63, 3.8) is 0 Å². The molecular weight excluding hydrogens is 246 g/mol. The molecule has 0 amide bonds. The monoisotopic (exact) mass is 267 g/mol. The predicted octanol–water partition coefficient (Wildman–Crippen LogP) is 4.34. The number of aromatic nitrogens is 1. The van der Waals surface area contributed by atoms with Gasteiger partial charge in [-0.05, 0) is 31.4 Å². The Kier molecular flexibility index (Phi) is 4.57. The van der Waals surface area contributed by atoms with Crippen molar-refractivity contribution in [2.75, 3.05) is 5.32 Å². The van der Waals surface area contributed by atoms with E-state index in [2.05, 4.69) is 37.1 Å². The van der Waals surface area contributed by atoms with Crippen molar-refractivity contribution >= 4 is 16.7 Å². The molecule has 0 spiro atoms. The molecule has 0 fully saturated rings. The molecule has 1 aromatic carbocycles. The fourth-order valence-electron chi connectivity index (χ4n) is 2.42. The van der Waals surface area contributed by atoms with E-state index in [0.29, 0.717) is 17.5 Å². The number of para-hydroxylation sites is 1. The Morgan fingerprint density at radius 2 is 2.05 bits per heavy atom. The highest BCUT2D eigenvalue weighted by Crippen LogP contribution is 2.21. The third-order valence-electron chi connectivity index (χ3n) is 3.68. The molecule has 0 saturated carbocycles. The van der Waals surface area contributed by atoms with E-state index in [-0.39, 0.29) is 0 Å². The molecule has 20 heavy (non-hydrogen) atoms. The third-order valence-corrected chi connectivity index (χ3v) is 3.68. The molecule has 0 aliphatic rings. The van der Waals surface area contributed by atoms with Crippen LogP contribution in [0.5, 0.6) is 0 Å². The van der Waals surface area contributed by atoms with Crippen LogP contribution in [-0.2, 0) is 0 Å². The van der Waals surface area contributed by atoms with Gasteiger partial charge in [0.2, 0.25) is 0 Å². The van der Waals surface area contributed by atoms with Crippen molar-refractivity contribution in [1.29, 1.82) is 5.26 Å². The molecule has 2 unspecified atom stereocenters. The van der Waals surface area contributed by atoms with Crippen LogP contribution in [0.1, 0.15) is 39.2 Å². The van der Waals surface area contributed by atoms with E-state index in [1.165, 1.54) is 6.42 Å². The van der Waals surface area contributed by atoms with Gasteiger partial charge < -0.3 is 5.32 Å². The number of nitrogens with one attached hydrogen (secondary N) is 1. The van der Waals surface area contributed by atoms with Gasteiger partial charge >= 0.3 is 0 Å². The smallest absolute Gasteiger partial charge is 0.128 e. The lowest BCUT2D eigenvalue weighted by Gasteiger charge is -2.18. The summed E-state index contributed by atoms with van der Waals surface area (Å²) in [5.41, 5.74) is 1.54. The minimum atomic E-state index is 0.352. The molecule has 1 aromatic heterocycles. The molecule has 0 radical (unpaired) electrons. The van der Waals surface area contributed by atoms with E-state index in [4.69, 9.17) is 0 Å². The Labute approximate surface area is 120 Å². The Bertz CT molecular complexity index is 628. The SMILES string of the molecule is CCC(C)CC(C)Nc1cc(C#N)c2ccccc2n1. The van der Waals surface area contributed by atoms with Crippen LogP contribution in [-0.4, -0.2) is 11.0 Å². The first-order valence-electron chi connectivity index (χ1n) is 7.20. The fraction of sp³-hybridized carbons (Fsp3) is 0.412. The van der Waals surface area contributed by atoms with Crippen LogP contribution in [0.25, 0.3) is 10.9 Å². The summed E-state index contributed by atoms with van der Waals surface area (Å²) in [5.74, 6) is 1.48. The van der Waals surface area contributed by atoms with Gasteiger partial charge in [0.15, 0.2) is 0 Å². The third kappa shape index (κ3) is 3.27. The van der Waals surface area contributed by atoms with Crippen LogP contribution >= 0.6 is 0 Å². The summed E-state index contributed by atoms with van der Waals surface area (Å²) in [4.78, 5) is 4.59. The maximum atomic E-state index is 9.27. The molecule has 3 nitrogen and oxygen atoms in total. The number of nitriles is 1. The number of benzene rings is 1. The highest BCUT2D eigenvalue weighted by atomic mass is 15.0. The average Bonchev–Trinajstić information content (AvgIpc) is 2.46. The van der Waals surface area contributed by atoms with Gasteiger partial charge in [-0.25, -0.2) is 4.98 Å². The summed E-state index contributed by atoms with van der Waals surface area (Å²) in [7, 11) is 0. The van der Waals surface area contributed by atoms with E-state index >= 15 is 0 Å². The van der Waals surface area contributed by atoms with Crippen LogP contribution in [0.4, 0.5) is 5.82 Å². The van der Waals surface area contributed by atoms with Crippen LogP contribution < -0.4 is 5.32 Å². The Morgan fingerprint density at radius 3 is 2.75 bits per heavy atom. The van der Waals surface area contributed by atoms with Crippen LogP contribution in [0, 0.1) is 17.2 Å².